The highest BCUT2D eigenvalue weighted by Crippen LogP contribution is 2.54. The van der Waals surface area contributed by atoms with Crippen molar-refractivity contribution in [3.8, 4) is 0 Å². The molecule has 10 heterocycles. The number of aliphatic hydroxyl groups excluding tert-OH is 1. The Balaban J connectivity index is 0.927. The van der Waals surface area contributed by atoms with Crippen LogP contribution in [0, 0.1) is 17.7 Å². The Labute approximate surface area is 334 Å². The molecule has 1 spiro atoms. The molecule has 10 saturated heterocycles. The lowest BCUT2D eigenvalue weighted by molar-refractivity contribution is -0.292. The molecule has 11 nitrogen and oxygen atoms in total. The van der Waals surface area contributed by atoms with E-state index in [1.165, 1.54) is 12.1 Å². The Morgan fingerprint density at radius 1 is 0.789 bits per heavy atom. The minimum absolute atomic E-state index is 0.00926. The monoisotopic (exact) mass is 794 g/mol. The molecule has 19 atom stereocenters. The van der Waals surface area contributed by atoms with Gasteiger partial charge in [0, 0.05) is 51.6 Å². The zero-order valence-corrected chi connectivity index (χ0v) is 33.2. The number of aliphatic hydroxyl groups is 1. The molecule has 57 heavy (non-hydrogen) atoms. The van der Waals surface area contributed by atoms with Gasteiger partial charge in [0.15, 0.2) is 5.79 Å². The second-order valence-electron chi connectivity index (χ2n) is 18.6. The third-order valence-corrected chi connectivity index (χ3v) is 14.9. The van der Waals surface area contributed by atoms with E-state index in [2.05, 4.69) is 20.1 Å². The Morgan fingerprint density at radius 2 is 1.53 bits per heavy atom. The molecule has 12 heteroatoms. The predicted octanol–water partition coefficient (Wildman–Crippen LogP) is 5.99. The van der Waals surface area contributed by atoms with Crippen molar-refractivity contribution in [1.82, 2.24) is 0 Å². The van der Waals surface area contributed by atoms with E-state index in [4.69, 9.17) is 42.6 Å². The number of hydrogen-bond acceptors (Lipinski definition) is 11. The molecule has 19 unspecified atom stereocenters. The van der Waals surface area contributed by atoms with E-state index in [-0.39, 0.29) is 122 Å². The molecule has 12 bridgehead atoms. The molecule has 312 valence electrons. The summed E-state index contributed by atoms with van der Waals surface area (Å²) in [5.74, 6) is -1.14. The van der Waals surface area contributed by atoms with Gasteiger partial charge in [-0.1, -0.05) is 32.2 Å². The lowest BCUT2D eigenvalue weighted by Crippen LogP contribution is -2.61. The SMILES string of the molecule is C=C1CC2CCC34CC5OC6C(OC7CCC(CC(=O)CC8C(CC9OC(CCC1O2)CC(C)C9=C)OC(CC(O)c1ccc(F)cc1)C8OC)OC7C6O3)C5O4. The number of benzene rings is 1. The summed E-state index contributed by atoms with van der Waals surface area (Å²) in [5.41, 5.74) is 2.75. The number of Topliss-reactive ketones (excluding diaryl/α,β-unsaturated/α-hetero) is 1. The molecule has 0 amide bonds. The van der Waals surface area contributed by atoms with E-state index in [9.17, 15) is 14.3 Å². The van der Waals surface area contributed by atoms with Gasteiger partial charge in [0.25, 0.3) is 0 Å². The van der Waals surface area contributed by atoms with E-state index in [1.54, 1.807) is 19.2 Å². The van der Waals surface area contributed by atoms with Gasteiger partial charge in [-0.2, -0.15) is 0 Å². The summed E-state index contributed by atoms with van der Waals surface area (Å²) in [6, 6.07) is 5.87. The lowest BCUT2D eigenvalue weighted by atomic mass is 9.81. The minimum Gasteiger partial charge on any atom is -0.388 e. The smallest absolute Gasteiger partial charge is 0.172 e. The summed E-state index contributed by atoms with van der Waals surface area (Å²) in [6.07, 6.45) is 3.68. The van der Waals surface area contributed by atoms with Crippen LogP contribution >= 0.6 is 0 Å². The fourth-order valence-corrected chi connectivity index (χ4v) is 12.0. The third kappa shape index (κ3) is 7.31. The number of methoxy groups -OCH3 is 1. The first-order valence-electron chi connectivity index (χ1n) is 21.7. The Bertz CT molecular complexity index is 1690. The van der Waals surface area contributed by atoms with Crippen molar-refractivity contribution in [3.05, 3.63) is 60.0 Å². The van der Waals surface area contributed by atoms with E-state index in [1.807, 2.05) is 0 Å². The first kappa shape index (κ1) is 39.1. The molecule has 10 aliphatic heterocycles. The molecule has 1 aromatic carbocycles. The second-order valence-corrected chi connectivity index (χ2v) is 18.6. The lowest BCUT2D eigenvalue weighted by Gasteiger charge is -2.47. The molecule has 0 radical (unpaired) electrons. The Morgan fingerprint density at radius 3 is 2.35 bits per heavy atom. The van der Waals surface area contributed by atoms with Gasteiger partial charge in [0.05, 0.1) is 67.1 Å². The summed E-state index contributed by atoms with van der Waals surface area (Å²) in [7, 11) is 1.64. The van der Waals surface area contributed by atoms with Crippen molar-refractivity contribution in [2.45, 2.75) is 194 Å². The number of rotatable bonds is 4. The van der Waals surface area contributed by atoms with Crippen molar-refractivity contribution < 1.29 is 56.9 Å². The third-order valence-electron chi connectivity index (χ3n) is 14.9. The van der Waals surface area contributed by atoms with Gasteiger partial charge >= 0.3 is 0 Å². The number of ether oxygens (including phenoxy) is 9. The molecule has 0 saturated carbocycles. The molecule has 0 aliphatic carbocycles. The Kier molecular flexibility index (Phi) is 10.6. The second kappa shape index (κ2) is 15.4. The minimum atomic E-state index is -0.904. The topological polar surface area (TPSA) is 120 Å². The van der Waals surface area contributed by atoms with Crippen molar-refractivity contribution in [3.63, 3.8) is 0 Å². The average molecular weight is 795 g/mol. The van der Waals surface area contributed by atoms with Crippen LogP contribution in [0.4, 0.5) is 4.39 Å². The summed E-state index contributed by atoms with van der Waals surface area (Å²) in [6.45, 7) is 11.1. The summed E-state index contributed by atoms with van der Waals surface area (Å²) < 4.78 is 74.1. The zero-order chi connectivity index (χ0) is 39.2. The van der Waals surface area contributed by atoms with Gasteiger partial charge in [-0.25, -0.2) is 4.39 Å². The van der Waals surface area contributed by atoms with Crippen LogP contribution in [0.25, 0.3) is 0 Å². The Hall–Kier alpha value is -2.10. The first-order valence-corrected chi connectivity index (χ1v) is 21.7. The van der Waals surface area contributed by atoms with E-state index < -0.39 is 24.1 Å². The summed E-state index contributed by atoms with van der Waals surface area (Å²) >= 11 is 0. The van der Waals surface area contributed by atoms with Crippen LogP contribution in [0.3, 0.4) is 0 Å². The fourth-order valence-electron chi connectivity index (χ4n) is 12.0. The van der Waals surface area contributed by atoms with Crippen molar-refractivity contribution in [2.75, 3.05) is 7.11 Å². The standard InChI is InChI=1S/C45H59FO11/c1-22-15-28-9-11-33-23(2)16-30(50-33)13-14-45-21-38-41(56-45)42-43(55-38)44(57-45)40-34(54-42)12-10-29(52-40)17-27(47)18-31-36(20-35(51-28)24(22)3)53-37(39(31)49-4)19-32(48)25-5-7-26(46)8-6-25/h5-8,22,28-44,48H,2-3,9-21H2,1,4H3. The highest BCUT2D eigenvalue weighted by atomic mass is 19.1. The van der Waals surface area contributed by atoms with Gasteiger partial charge in [-0.3, -0.25) is 4.79 Å². The quantitative estimate of drug-likeness (QED) is 0.362. The number of fused-ring (bicyclic) bond motifs is 6. The average Bonchev–Trinajstić information content (AvgIpc) is 3.86. The molecular weight excluding hydrogens is 735 g/mol. The molecule has 1 N–H and O–H groups in total. The van der Waals surface area contributed by atoms with Gasteiger partial charge in [0.1, 0.15) is 42.1 Å². The summed E-state index contributed by atoms with van der Waals surface area (Å²) in [5, 5.41) is 11.3. The number of carbonyl (C=O) groups is 1. The summed E-state index contributed by atoms with van der Waals surface area (Å²) in [4.78, 5) is 14.2. The van der Waals surface area contributed by atoms with Crippen molar-refractivity contribution in [2.24, 2.45) is 11.8 Å². The number of hydrogen-bond donors (Lipinski definition) is 1. The fraction of sp³-hybridized carbons (Fsp3) is 0.756. The van der Waals surface area contributed by atoms with Gasteiger partial charge in [-0.15, -0.1) is 0 Å². The molecule has 0 aromatic heterocycles. The van der Waals surface area contributed by atoms with Crippen LogP contribution in [-0.4, -0.2) is 115 Å². The van der Waals surface area contributed by atoms with Crippen LogP contribution in [0.15, 0.2) is 48.6 Å². The van der Waals surface area contributed by atoms with E-state index in [0.29, 0.717) is 31.2 Å². The highest BCUT2D eigenvalue weighted by molar-refractivity contribution is 5.79. The van der Waals surface area contributed by atoms with Crippen molar-refractivity contribution in [1.29, 1.82) is 0 Å². The maximum Gasteiger partial charge on any atom is 0.172 e. The largest absolute Gasteiger partial charge is 0.388 e. The number of halogens is 1. The van der Waals surface area contributed by atoms with Crippen LogP contribution in [-0.2, 0) is 47.4 Å². The normalized spacial score (nSPS) is 48.8. The van der Waals surface area contributed by atoms with Crippen LogP contribution < -0.4 is 0 Å². The maximum atomic E-state index is 14.2. The van der Waals surface area contributed by atoms with Gasteiger partial charge in [0.2, 0.25) is 0 Å². The zero-order valence-electron chi connectivity index (χ0n) is 33.2. The number of ketones is 1. The predicted molar refractivity (Wildman–Crippen MR) is 203 cm³/mol. The first-order chi connectivity index (χ1) is 27.5. The van der Waals surface area contributed by atoms with E-state index in [0.717, 1.165) is 49.7 Å². The molecule has 11 rings (SSSR count). The van der Waals surface area contributed by atoms with E-state index >= 15 is 0 Å². The highest BCUT2D eigenvalue weighted by Gasteiger charge is 2.68. The number of carbonyl (C=O) groups excluding carboxylic acids is 1. The van der Waals surface area contributed by atoms with Crippen LogP contribution in [0.5, 0.6) is 0 Å². The molecular formula is C45H59FO11. The maximum absolute atomic E-state index is 14.2. The van der Waals surface area contributed by atoms with Gasteiger partial charge in [-0.05, 0) is 79.7 Å². The van der Waals surface area contributed by atoms with Gasteiger partial charge < -0.3 is 47.7 Å². The molecule has 10 aliphatic rings. The van der Waals surface area contributed by atoms with Crippen molar-refractivity contribution >= 4 is 5.78 Å². The molecule has 1 aromatic rings. The van der Waals surface area contributed by atoms with Crippen LogP contribution in [0.2, 0.25) is 0 Å². The van der Waals surface area contributed by atoms with Crippen LogP contribution in [0.1, 0.15) is 102 Å². The molecule has 10 fully saturated rings.